The summed E-state index contributed by atoms with van der Waals surface area (Å²) in [6, 6.07) is 2.11. The Labute approximate surface area is 134 Å². The molecule has 0 unspecified atom stereocenters. The summed E-state index contributed by atoms with van der Waals surface area (Å²) in [5.41, 5.74) is 1.17. The van der Waals surface area contributed by atoms with Gasteiger partial charge in [0.15, 0.2) is 9.84 Å². The fourth-order valence-corrected chi connectivity index (χ4v) is 7.00. The lowest BCUT2D eigenvalue weighted by Crippen LogP contribution is -2.29. The van der Waals surface area contributed by atoms with Crippen LogP contribution >= 0.6 is 23.1 Å². The van der Waals surface area contributed by atoms with Gasteiger partial charge in [0.05, 0.1) is 23.3 Å². The predicted octanol–water partition coefficient (Wildman–Crippen LogP) is 2.46. The van der Waals surface area contributed by atoms with Crippen molar-refractivity contribution in [2.45, 2.75) is 38.5 Å². The quantitative estimate of drug-likeness (QED) is 0.889. The van der Waals surface area contributed by atoms with E-state index in [1.807, 2.05) is 6.92 Å². The Balaban J connectivity index is 1.81. The van der Waals surface area contributed by atoms with Crippen LogP contribution in [0.1, 0.15) is 34.7 Å². The molecule has 1 aliphatic rings. The van der Waals surface area contributed by atoms with Crippen molar-refractivity contribution in [1.29, 1.82) is 0 Å². The van der Waals surface area contributed by atoms with E-state index in [9.17, 15) is 13.2 Å². The zero-order chi connectivity index (χ0) is 15.6. The highest BCUT2D eigenvalue weighted by molar-refractivity contribution is 8.02. The summed E-state index contributed by atoms with van der Waals surface area (Å²) in [6.45, 7) is 6.11. The molecule has 2 atom stereocenters. The number of carbonyl (C=O) groups is 1. The Kier molecular flexibility index (Phi) is 5.38. The van der Waals surface area contributed by atoms with Gasteiger partial charge in [-0.05, 0) is 38.8 Å². The van der Waals surface area contributed by atoms with Gasteiger partial charge in [-0.1, -0.05) is 0 Å². The van der Waals surface area contributed by atoms with Crippen LogP contribution in [-0.4, -0.2) is 36.8 Å². The van der Waals surface area contributed by atoms with Gasteiger partial charge in [-0.3, -0.25) is 4.79 Å². The second kappa shape index (κ2) is 6.71. The molecule has 0 aromatic carbocycles. The molecule has 7 heteroatoms. The number of thiophene rings is 1. The molecule has 2 rings (SSSR count). The molecule has 1 aromatic rings. The molecule has 0 radical (unpaired) electrons. The molecule has 0 aliphatic carbocycles. The van der Waals surface area contributed by atoms with Crippen molar-refractivity contribution in [1.82, 2.24) is 5.32 Å². The number of hydrogen-bond donors (Lipinski definition) is 1. The van der Waals surface area contributed by atoms with Gasteiger partial charge < -0.3 is 5.32 Å². The Bertz CT molecular complexity index is 621. The van der Waals surface area contributed by atoms with Gasteiger partial charge in [0.25, 0.3) is 0 Å². The smallest absolute Gasteiger partial charge is 0.230 e. The first-order valence-corrected chi connectivity index (χ1v) is 10.6. The van der Waals surface area contributed by atoms with Crippen LogP contribution in [0.25, 0.3) is 0 Å². The summed E-state index contributed by atoms with van der Waals surface area (Å²) in [4.78, 5) is 14.5. The van der Waals surface area contributed by atoms with Crippen LogP contribution in [0.3, 0.4) is 0 Å². The second-order valence-electron chi connectivity index (χ2n) is 5.49. The minimum atomic E-state index is -2.86. The molecule has 118 valence electrons. The Morgan fingerprint density at radius 2 is 2.24 bits per heavy atom. The van der Waals surface area contributed by atoms with Gasteiger partial charge in [-0.25, -0.2) is 8.42 Å². The van der Waals surface area contributed by atoms with Crippen LogP contribution in [-0.2, 0) is 14.6 Å². The number of rotatable bonds is 5. The lowest BCUT2D eigenvalue weighted by Gasteiger charge is -2.14. The number of aryl methyl sites for hydroxylation is 2. The fourth-order valence-electron chi connectivity index (χ4n) is 2.53. The van der Waals surface area contributed by atoms with Gasteiger partial charge in [0.1, 0.15) is 0 Å². The van der Waals surface area contributed by atoms with Gasteiger partial charge in [-0.15, -0.1) is 23.1 Å². The lowest BCUT2D eigenvalue weighted by molar-refractivity contribution is -0.119. The maximum Gasteiger partial charge on any atom is 0.230 e. The molecule has 0 spiro atoms. The van der Waals surface area contributed by atoms with Crippen LogP contribution < -0.4 is 5.32 Å². The second-order valence-corrected chi connectivity index (χ2v) is 10.5. The number of nitrogens with one attached hydrogen (secondary N) is 1. The van der Waals surface area contributed by atoms with Gasteiger partial charge in [0, 0.05) is 15.0 Å². The van der Waals surface area contributed by atoms with E-state index in [0.29, 0.717) is 12.2 Å². The van der Waals surface area contributed by atoms with Crippen molar-refractivity contribution in [3.05, 3.63) is 21.4 Å². The van der Waals surface area contributed by atoms with Crippen molar-refractivity contribution in [3.63, 3.8) is 0 Å². The predicted molar refractivity (Wildman–Crippen MR) is 89.9 cm³/mol. The highest BCUT2D eigenvalue weighted by Gasteiger charge is 2.28. The minimum Gasteiger partial charge on any atom is -0.349 e. The highest BCUT2D eigenvalue weighted by atomic mass is 32.2. The summed E-state index contributed by atoms with van der Waals surface area (Å²) < 4.78 is 22.8. The Hall–Kier alpha value is -0.530. The van der Waals surface area contributed by atoms with E-state index in [4.69, 9.17) is 0 Å². The molecule has 1 fully saturated rings. The first kappa shape index (κ1) is 16.8. The Morgan fingerprint density at radius 1 is 1.52 bits per heavy atom. The van der Waals surface area contributed by atoms with E-state index < -0.39 is 9.84 Å². The van der Waals surface area contributed by atoms with Crippen LogP contribution in [0.15, 0.2) is 6.07 Å². The molecule has 1 saturated heterocycles. The molecular formula is C14H21NO3S3. The first-order chi connectivity index (χ1) is 9.77. The van der Waals surface area contributed by atoms with Crippen molar-refractivity contribution in [2.24, 2.45) is 0 Å². The topological polar surface area (TPSA) is 63.2 Å². The van der Waals surface area contributed by atoms with Gasteiger partial charge in [0.2, 0.25) is 5.91 Å². The van der Waals surface area contributed by atoms with Crippen LogP contribution in [0.5, 0.6) is 0 Å². The zero-order valence-corrected chi connectivity index (χ0v) is 15.0. The molecule has 0 saturated carbocycles. The molecular weight excluding hydrogens is 326 g/mol. The molecule has 1 aromatic heterocycles. The van der Waals surface area contributed by atoms with Crippen molar-refractivity contribution >= 4 is 38.8 Å². The summed E-state index contributed by atoms with van der Waals surface area (Å²) in [5.74, 6) is 0.770. The van der Waals surface area contributed by atoms with Crippen molar-refractivity contribution in [3.8, 4) is 0 Å². The summed E-state index contributed by atoms with van der Waals surface area (Å²) in [5, 5.41) is 3.06. The van der Waals surface area contributed by atoms with E-state index in [0.717, 1.165) is 0 Å². The van der Waals surface area contributed by atoms with Gasteiger partial charge >= 0.3 is 0 Å². The molecule has 4 nitrogen and oxygen atoms in total. The standard InChI is InChI=1S/C14H21NO3S3/c1-9-6-13(11(3)20-9)10(2)15-14(16)7-19-12-4-5-21(17,18)8-12/h6,10,12H,4-5,7-8H2,1-3H3,(H,15,16)/t10-,12+/m1/s1. The summed E-state index contributed by atoms with van der Waals surface area (Å²) in [7, 11) is -2.86. The average molecular weight is 348 g/mol. The molecule has 21 heavy (non-hydrogen) atoms. The number of amides is 1. The Morgan fingerprint density at radius 3 is 2.76 bits per heavy atom. The van der Waals surface area contributed by atoms with Crippen molar-refractivity contribution in [2.75, 3.05) is 17.3 Å². The van der Waals surface area contributed by atoms with Crippen LogP contribution in [0.4, 0.5) is 0 Å². The molecule has 0 bridgehead atoms. The normalized spacial score (nSPS) is 22.1. The summed E-state index contributed by atoms with van der Waals surface area (Å²) >= 11 is 3.19. The van der Waals surface area contributed by atoms with E-state index in [-0.39, 0.29) is 28.7 Å². The molecule has 1 aliphatic heterocycles. The van der Waals surface area contributed by atoms with E-state index >= 15 is 0 Å². The average Bonchev–Trinajstić information content (AvgIpc) is 2.89. The molecule has 1 N–H and O–H groups in total. The third-order valence-electron chi connectivity index (χ3n) is 3.56. The lowest BCUT2D eigenvalue weighted by atomic mass is 10.1. The van der Waals surface area contributed by atoms with Crippen LogP contribution in [0.2, 0.25) is 0 Å². The van der Waals surface area contributed by atoms with E-state index in [1.54, 1.807) is 11.3 Å². The largest absolute Gasteiger partial charge is 0.349 e. The maximum absolute atomic E-state index is 12.0. The van der Waals surface area contributed by atoms with Crippen LogP contribution in [0, 0.1) is 13.8 Å². The maximum atomic E-state index is 12.0. The van der Waals surface area contributed by atoms with Gasteiger partial charge in [-0.2, -0.15) is 0 Å². The number of hydrogen-bond acceptors (Lipinski definition) is 5. The zero-order valence-electron chi connectivity index (χ0n) is 12.5. The SMILES string of the molecule is Cc1cc([C@@H](C)NC(=O)CS[C@H]2CCS(=O)(=O)C2)c(C)s1. The molecule has 1 amide bonds. The van der Waals surface area contributed by atoms with Crippen molar-refractivity contribution < 1.29 is 13.2 Å². The molecule has 2 heterocycles. The highest BCUT2D eigenvalue weighted by Crippen LogP contribution is 2.27. The third-order valence-corrected chi connectivity index (χ3v) is 7.83. The number of sulfone groups is 1. The monoisotopic (exact) mass is 347 g/mol. The summed E-state index contributed by atoms with van der Waals surface area (Å²) in [6.07, 6.45) is 0.665. The minimum absolute atomic E-state index is 0.00430. The fraction of sp³-hybridized carbons (Fsp3) is 0.643. The first-order valence-electron chi connectivity index (χ1n) is 6.95. The van der Waals surface area contributed by atoms with E-state index in [2.05, 4.69) is 25.2 Å². The number of thioether (sulfide) groups is 1. The number of carbonyl (C=O) groups excluding carboxylic acids is 1. The van der Waals surface area contributed by atoms with E-state index in [1.165, 1.54) is 27.1 Å². The third kappa shape index (κ3) is 4.72.